The van der Waals surface area contributed by atoms with Crippen molar-refractivity contribution >= 4 is 33.0 Å². The van der Waals surface area contributed by atoms with Crippen molar-refractivity contribution in [1.29, 1.82) is 0 Å². The van der Waals surface area contributed by atoms with Crippen molar-refractivity contribution in [2.24, 2.45) is 0 Å². The lowest BCUT2D eigenvalue weighted by Crippen LogP contribution is -2.51. The minimum absolute atomic E-state index is 0.0172. The standard InChI is InChI=1S/C24H24N4O6S/c29-24(18-34-22-10-6-20(7-11-22)25-19-4-2-1-3-5-19)26-14-16-27(17-15-26)35(32,33)23-12-8-21(9-13-23)28(30)31/h1-13,25H,14-18H2. The molecule has 1 N–H and O–H groups in total. The van der Waals surface area contributed by atoms with Gasteiger partial charge in [0.2, 0.25) is 10.0 Å². The number of benzene rings is 3. The fourth-order valence-electron chi connectivity index (χ4n) is 3.63. The van der Waals surface area contributed by atoms with Crippen LogP contribution in [0.1, 0.15) is 0 Å². The first kappa shape index (κ1) is 24.2. The van der Waals surface area contributed by atoms with Crippen molar-refractivity contribution in [1.82, 2.24) is 9.21 Å². The second-order valence-electron chi connectivity index (χ2n) is 7.84. The largest absolute Gasteiger partial charge is 0.484 e. The van der Waals surface area contributed by atoms with Gasteiger partial charge in [0.25, 0.3) is 11.6 Å². The third-order valence-electron chi connectivity index (χ3n) is 5.56. The molecule has 0 atom stereocenters. The number of non-ortho nitro benzene ring substituents is 1. The summed E-state index contributed by atoms with van der Waals surface area (Å²) in [4.78, 5) is 24.3. The number of rotatable bonds is 8. The smallest absolute Gasteiger partial charge is 0.269 e. The summed E-state index contributed by atoms with van der Waals surface area (Å²) in [6, 6.07) is 21.8. The van der Waals surface area contributed by atoms with E-state index in [1.807, 2.05) is 42.5 Å². The number of amides is 1. The normalized spacial score (nSPS) is 14.3. The number of carbonyl (C=O) groups is 1. The van der Waals surface area contributed by atoms with Crippen LogP contribution in [0.25, 0.3) is 0 Å². The summed E-state index contributed by atoms with van der Waals surface area (Å²) in [6.45, 7) is 0.569. The van der Waals surface area contributed by atoms with E-state index < -0.39 is 14.9 Å². The van der Waals surface area contributed by atoms with E-state index in [1.54, 1.807) is 17.0 Å². The van der Waals surface area contributed by atoms with Crippen LogP contribution in [0.4, 0.5) is 17.1 Å². The molecule has 0 aliphatic carbocycles. The monoisotopic (exact) mass is 496 g/mol. The number of piperazine rings is 1. The van der Waals surface area contributed by atoms with Gasteiger partial charge in [0.05, 0.1) is 9.82 Å². The van der Waals surface area contributed by atoms with Crippen molar-refractivity contribution < 1.29 is 22.9 Å². The Labute approximate surface area is 202 Å². The first-order valence-electron chi connectivity index (χ1n) is 10.9. The Morgan fingerprint density at radius 1 is 0.886 bits per heavy atom. The third-order valence-corrected chi connectivity index (χ3v) is 7.47. The molecule has 0 spiro atoms. The van der Waals surface area contributed by atoms with E-state index >= 15 is 0 Å². The molecule has 1 aliphatic heterocycles. The van der Waals surface area contributed by atoms with Crippen molar-refractivity contribution in [3.05, 3.63) is 89.0 Å². The fourth-order valence-corrected chi connectivity index (χ4v) is 5.05. The van der Waals surface area contributed by atoms with E-state index in [2.05, 4.69) is 5.32 Å². The number of sulfonamides is 1. The molecule has 10 nitrogen and oxygen atoms in total. The fraction of sp³-hybridized carbons (Fsp3) is 0.208. The number of hydrogen-bond donors (Lipinski definition) is 1. The summed E-state index contributed by atoms with van der Waals surface area (Å²) in [5, 5.41) is 14.1. The minimum Gasteiger partial charge on any atom is -0.484 e. The van der Waals surface area contributed by atoms with Crippen LogP contribution in [0.3, 0.4) is 0 Å². The van der Waals surface area contributed by atoms with Gasteiger partial charge in [-0.2, -0.15) is 4.31 Å². The van der Waals surface area contributed by atoms with Gasteiger partial charge in [-0.3, -0.25) is 14.9 Å². The van der Waals surface area contributed by atoms with Crippen LogP contribution in [0.15, 0.2) is 83.8 Å². The molecule has 0 unspecified atom stereocenters. The quantitative estimate of drug-likeness (QED) is 0.375. The number of nitro groups is 1. The van der Waals surface area contributed by atoms with Gasteiger partial charge >= 0.3 is 0 Å². The van der Waals surface area contributed by atoms with Crippen molar-refractivity contribution in [3.63, 3.8) is 0 Å². The van der Waals surface area contributed by atoms with Gasteiger partial charge in [0.1, 0.15) is 5.75 Å². The third kappa shape index (κ3) is 5.94. The molecule has 3 aromatic rings. The molecule has 0 bridgehead atoms. The van der Waals surface area contributed by atoms with Crippen LogP contribution in [-0.2, 0) is 14.8 Å². The molecule has 4 rings (SSSR count). The van der Waals surface area contributed by atoms with Crippen molar-refractivity contribution in [3.8, 4) is 5.75 Å². The number of para-hydroxylation sites is 1. The van der Waals surface area contributed by atoms with E-state index in [1.165, 1.54) is 16.4 Å². The number of carbonyl (C=O) groups excluding carboxylic acids is 1. The van der Waals surface area contributed by atoms with Crippen LogP contribution in [0.2, 0.25) is 0 Å². The van der Waals surface area contributed by atoms with Crippen LogP contribution in [-0.4, -0.2) is 61.2 Å². The molecule has 1 aliphatic rings. The molecule has 182 valence electrons. The van der Waals surface area contributed by atoms with Gasteiger partial charge in [-0.25, -0.2) is 8.42 Å². The molecule has 35 heavy (non-hydrogen) atoms. The van der Waals surface area contributed by atoms with Crippen LogP contribution >= 0.6 is 0 Å². The Kier molecular flexibility index (Phi) is 7.28. The Hall–Kier alpha value is -3.96. The molecule has 3 aromatic carbocycles. The van der Waals surface area contributed by atoms with Gasteiger partial charge in [-0.15, -0.1) is 0 Å². The minimum atomic E-state index is -3.80. The molecule has 0 aromatic heterocycles. The SMILES string of the molecule is O=C(COc1ccc(Nc2ccccc2)cc1)N1CCN(S(=O)(=O)c2ccc([N+](=O)[O-])cc2)CC1. The van der Waals surface area contributed by atoms with E-state index in [0.29, 0.717) is 5.75 Å². The molecule has 1 fully saturated rings. The molecule has 0 saturated carbocycles. The molecule has 1 heterocycles. The zero-order valence-electron chi connectivity index (χ0n) is 18.7. The van der Waals surface area contributed by atoms with E-state index in [4.69, 9.17) is 4.74 Å². The van der Waals surface area contributed by atoms with Crippen LogP contribution < -0.4 is 10.1 Å². The summed E-state index contributed by atoms with van der Waals surface area (Å²) in [7, 11) is -3.80. The van der Waals surface area contributed by atoms with Gasteiger partial charge in [-0.1, -0.05) is 18.2 Å². The number of hydrogen-bond acceptors (Lipinski definition) is 7. The number of nitrogens with one attached hydrogen (secondary N) is 1. The van der Waals surface area contributed by atoms with E-state index in [9.17, 15) is 23.3 Å². The summed E-state index contributed by atoms with van der Waals surface area (Å²) in [6.07, 6.45) is 0. The van der Waals surface area contributed by atoms with Crippen molar-refractivity contribution in [2.75, 3.05) is 38.1 Å². The molecular weight excluding hydrogens is 472 g/mol. The summed E-state index contributed by atoms with van der Waals surface area (Å²) < 4.78 is 32.5. The first-order valence-corrected chi connectivity index (χ1v) is 12.3. The van der Waals surface area contributed by atoms with Gasteiger partial charge in [0.15, 0.2) is 6.61 Å². The number of ether oxygens (including phenoxy) is 1. The Bertz CT molecular complexity index is 1270. The Morgan fingerprint density at radius 2 is 1.49 bits per heavy atom. The Balaban J connectivity index is 1.26. The zero-order chi connectivity index (χ0) is 24.8. The van der Waals surface area contributed by atoms with Crippen LogP contribution in [0.5, 0.6) is 5.75 Å². The van der Waals surface area contributed by atoms with Gasteiger partial charge in [-0.05, 0) is 48.5 Å². The average molecular weight is 497 g/mol. The maximum Gasteiger partial charge on any atom is 0.269 e. The topological polar surface area (TPSA) is 122 Å². The lowest BCUT2D eigenvalue weighted by atomic mass is 10.2. The zero-order valence-corrected chi connectivity index (χ0v) is 19.6. The number of anilines is 2. The maximum absolute atomic E-state index is 12.8. The summed E-state index contributed by atoms with van der Waals surface area (Å²) in [5.41, 5.74) is 1.67. The highest BCUT2D eigenvalue weighted by atomic mass is 32.2. The number of nitro benzene ring substituents is 1. The highest BCUT2D eigenvalue weighted by Gasteiger charge is 2.30. The summed E-state index contributed by atoms with van der Waals surface area (Å²) in [5.74, 6) is 0.320. The predicted octanol–water partition coefficient (Wildman–Crippen LogP) is 3.25. The van der Waals surface area contributed by atoms with Crippen molar-refractivity contribution in [2.45, 2.75) is 4.90 Å². The molecule has 1 amide bonds. The summed E-state index contributed by atoms with van der Waals surface area (Å²) >= 11 is 0. The lowest BCUT2D eigenvalue weighted by Gasteiger charge is -2.33. The van der Waals surface area contributed by atoms with Gasteiger partial charge < -0.3 is 15.0 Å². The van der Waals surface area contributed by atoms with E-state index in [-0.39, 0.29) is 49.3 Å². The molecular formula is C24H24N4O6S. The van der Waals surface area contributed by atoms with Crippen LogP contribution in [0, 0.1) is 10.1 Å². The maximum atomic E-state index is 12.8. The number of nitrogens with zero attached hydrogens (tertiary/aromatic N) is 3. The first-order chi connectivity index (χ1) is 16.8. The van der Waals surface area contributed by atoms with E-state index in [0.717, 1.165) is 23.5 Å². The second-order valence-corrected chi connectivity index (χ2v) is 9.78. The second kappa shape index (κ2) is 10.5. The highest BCUT2D eigenvalue weighted by molar-refractivity contribution is 7.89. The average Bonchev–Trinajstić information content (AvgIpc) is 2.89. The lowest BCUT2D eigenvalue weighted by molar-refractivity contribution is -0.384. The van der Waals surface area contributed by atoms with Gasteiger partial charge in [0, 0.05) is 49.7 Å². The highest BCUT2D eigenvalue weighted by Crippen LogP contribution is 2.22. The predicted molar refractivity (Wildman–Crippen MR) is 130 cm³/mol. The molecule has 11 heteroatoms. The Morgan fingerprint density at radius 3 is 2.09 bits per heavy atom. The molecule has 1 saturated heterocycles. The molecule has 0 radical (unpaired) electrons.